The number of benzene rings is 3. The van der Waals surface area contributed by atoms with Crippen molar-refractivity contribution in [3.63, 3.8) is 0 Å². The topological polar surface area (TPSA) is 67.2 Å². The van der Waals surface area contributed by atoms with Crippen LogP contribution >= 0.6 is 0 Å². The lowest BCUT2D eigenvalue weighted by Gasteiger charge is -2.19. The first kappa shape index (κ1) is 20.0. The van der Waals surface area contributed by atoms with Crippen molar-refractivity contribution >= 4 is 28.3 Å². The number of nitrogens with one attached hydrogen (secondary N) is 1. The van der Waals surface area contributed by atoms with Gasteiger partial charge in [-0.05, 0) is 22.6 Å². The Balaban J connectivity index is 1.27. The zero-order valence-corrected chi connectivity index (χ0v) is 17.6. The summed E-state index contributed by atoms with van der Waals surface area (Å²) < 4.78 is 2.00. The number of imidazole rings is 1. The Bertz CT molecular complexity index is 1260. The lowest BCUT2D eigenvalue weighted by atomic mass is 10.1. The van der Waals surface area contributed by atoms with E-state index in [0.717, 1.165) is 27.6 Å². The molecule has 3 aromatic carbocycles. The van der Waals surface area contributed by atoms with Gasteiger partial charge in [0.25, 0.3) is 0 Å². The predicted octanol–water partition coefficient (Wildman–Crippen LogP) is 3.75. The zero-order chi connectivity index (χ0) is 21.9. The second-order valence-electron chi connectivity index (χ2n) is 8.13. The first-order chi connectivity index (χ1) is 15.7. The third-order valence-corrected chi connectivity index (χ3v) is 6.04. The summed E-state index contributed by atoms with van der Waals surface area (Å²) in [5, 5.41) is 5.16. The number of carbonyl (C=O) groups excluding carboxylic acids is 2. The third kappa shape index (κ3) is 3.99. The van der Waals surface area contributed by atoms with Gasteiger partial charge < -0.3 is 14.8 Å². The van der Waals surface area contributed by atoms with E-state index in [0.29, 0.717) is 19.6 Å². The third-order valence-electron chi connectivity index (χ3n) is 6.04. The molecule has 6 nitrogen and oxygen atoms in total. The second-order valence-corrected chi connectivity index (χ2v) is 8.13. The molecule has 5 rings (SSSR count). The summed E-state index contributed by atoms with van der Waals surface area (Å²) in [6, 6.07) is 22.0. The quantitative estimate of drug-likeness (QED) is 0.513. The van der Waals surface area contributed by atoms with Gasteiger partial charge in [0.1, 0.15) is 0 Å². The summed E-state index contributed by atoms with van der Waals surface area (Å²) in [6.07, 6.45) is 5.68. The molecule has 2 amide bonds. The fraction of sp³-hybridized carbons (Fsp3) is 0.192. The van der Waals surface area contributed by atoms with E-state index in [1.54, 1.807) is 17.4 Å². The normalized spacial score (nSPS) is 15.9. The van der Waals surface area contributed by atoms with Crippen LogP contribution in [0.15, 0.2) is 85.5 Å². The molecule has 1 N–H and O–H groups in total. The highest BCUT2D eigenvalue weighted by Gasteiger charge is 2.35. The van der Waals surface area contributed by atoms with E-state index in [4.69, 9.17) is 0 Å². The molecule has 6 heteroatoms. The summed E-state index contributed by atoms with van der Waals surface area (Å²) in [5.74, 6) is -0.456. The fourth-order valence-corrected chi connectivity index (χ4v) is 4.35. The molecule has 0 aliphatic carbocycles. The molecule has 0 radical (unpaired) electrons. The molecular formula is C26H24N4O2. The minimum absolute atomic E-state index is 0.0120. The van der Waals surface area contributed by atoms with Crippen molar-refractivity contribution in [2.24, 2.45) is 5.92 Å². The number of carbonyl (C=O) groups is 2. The lowest BCUT2D eigenvalue weighted by molar-refractivity contribution is -0.126. The van der Waals surface area contributed by atoms with Crippen molar-refractivity contribution in [1.29, 1.82) is 0 Å². The zero-order valence-electron chi connectivity index (χ0n) is 17.6. The highest BCUT2D eigenvalue weighted by atomic mass is 16.2. The van der Waals surface area contributed by atoms with E-state index >= 15 is 0 Å². The first-order valence-corrected chi connectivity index (χ1v) is 10.8. The average molecular weight is 425 g/mol. The minimum atomic E-state index is -0.359. The number of aromatic nitrogens is 2. The van der Waals surface area contributed by atoms with Gasteiger partial charge in [-0.15, -0.1) is 0 Å². The van der Waals surface area contributed by atoms with Gasteiger partial charge >= 0.3 is 0 Å². The fourth-order valence-electron chi connectivity index (χ4n) is 4.35. The molecule has 1 aromatic heterocycles. The molecule has 0 saturated carbocycles. The van der Waals surface area contributed by atoms with Crippen LogP contribution in [-0.4, -0.2) is 27.9 Å². The van der Waals surface area contributed by atoms with Crippen LogP contribution in [0.5, 0.6) is 0 Å². The number of amides is 2. The molecule has 2 heterocycles. The SMILES string of the molecule is O=C(NCc1ccccc1Cn1ccnc1)C1CC(=O)N(c2cccc3ccccc23)C1. The van der Waals surface area contributed by atoms with E-state index < -0.39 is 0 Å². The van der Waals surface area contributed by atoms with Gasteiger partial charge in [0, 0.05) is 43.8 Å². The Hall–Kier alpha value is -3.93. The summed E-state index contributed by atoms with van der Waals surface area (Å²) in [6.45, 7) is 1.53. The van der Waals surface area contributed by atoms with Crippen molar-refractivity contribution in [3.8, 4) is 0 Å². The average Bonchev–Trinajstić information content (AvgIpc) is 3.47. The highest BCUT2D eigenvalue weighted by molar-refractivity contribution is 6.06. The van der Waals surface area contributed by atoms with Crippen molar-refractivity contribution in [3.05, 3.63) is 96.6 Å². The molecule has 1 aliphatic heterocycles. The molecule has 0 bridgehead atoms. The summed E-state index contributed by atoms with van der Waals surface area (Å²) >= 11 is 0. The van der Waals surface area contributed by atoms with E-state index in [9.17, 15) is 9.59 Å². The number of hydrogen-bond donors (Lipinski definition) is 1. The summed E-state index contributed by atoms with van der Waals surface area (Å²) in [4.78, 5) is 31.5. The van der Waals surface area contributed by atoms with E-state index in [2.05, 4.69) is 16.4 Å². The lowest BCUT2D eigenvalue weighted by Crippen LogP contribution is -2.33. The van der Waals surface area contributed by atoms with Crippen molar-refractivity contribution in [2.45, 2.75) is 19.5 Å². The number of fused-ring (bicyclic) bond motifs is 1. The van der Waals surface area contributed by atoms with Crippen molar-refractivity contribution in [2.75, 3.05) is 11.4 Å². The van der Waals surface area contributed by atoms with Gasteiger partial charge in [0.05, 0.1) is 17.9 Å². The van der Waals surface area contributed by atoms with Crippen LogP contribution in [0.3, 0.4) is 0 Å². The van der Waals surface area contributed by atoms with Crippen LogP contribution in [0, 0.1) is 5.92 Å². The summed E-state index contributed by atoms with van der Waals surface area (Å²) in [7, 11) is 0. The van der Waals surface area contributed by atoms with Gasteiger partial charge in [-0.1, -0.05) is 60.7 Å². The van der Waals surface area contributed by atoms with E-state index in [1.807, 2.05) is 71.4 Å². The molecule has 1 aliphatic rings. The molecule has 1 fully saturated rings. The molecule has 0 spiro atoms. The van der Waals surface area contributed by atoms with Crippen molar-refractivity contribution < 1.29 is 9.59 Å². The van der Waals surface area contributed by atoms with Crippen molar-refractivity contribution in [1.82, 2.24) is 14.9 Å². The largest absolute Gasteiger partial charge is 0.352 e. The first-order valence-electron chi connectivity index (χ1n) is 10.8. The Morgan fingerprint density at radius 3 is 2.62 bits per heavy atom. The number of anilines is 1. The summed E-state index contributed by atoms with van der Waals surface area (Å²) in [5.41, 5.74) is 3.06. The molecule has 32 heavy (non-hydrogen) atoms. The predicted molar refractivity (Wildman–Crippen MR) is 124 cm³/mol. The van der Waals surface area contributed by atoms with Gasteiger partial charge in [0.15, 0.2) is 0 Å². The maximum Gasteiger partial charge on any atom is 0.227 e. The molecule has 1 atom stereocenters. The van der Waals surface area contributed by atoms with Gasteiger partial charge in [-0.2, -0.15) is 0 Å². The van der Waals surface area contributed by atoms with Crippen LogP contribution in [-0.2, 0) is 22.7 Å². The van der Waals surface area contributed by atoms with Crippen LogP contribution in [0.4, 0.5) is 5.69 Å². The standard InChI is InChI=1S/C26H24N4O2/c31-25-14-22(17-30(25)24-11-5-9-19-6-3-4-10-23(19)24)26(32)28-15-20-7-1-2-8-21(20)16-29-13-12-27-18-29/h1-13,18,22H,14-17H2,(H,28,32). The van der Waals surface area contributed by atoms with Crippen LogP contribution in [0.25, 0.3) is 10.8 Å². The van der Waals surface area contributed by atoms with Crippen LogP contribution in [0.2, 0.25) is 0 Å². The number of hydrogen-bond acceptors (Lipinski definition) is 3. The van der Waals surface area contributed by atoms with E-state index in [1.165, 1.54) is 0 Å². The molecule has 160 valence electrons. The second kappa shape index (κ2) is 8.67. The van der Waals surface area contributed by atoms with Crippen LogP contribution in [0.1, 0.15) is 17.5 Å². The molecule has 1 unspecified atom stereocenters. The number of nitrogens with zero attached hydrogens (tertiary/aromatic N) is 3. The maximum absolute atomic E-state index is 12.9. The maximum atomic E-state index is 12.9. The monoisotopic (exact) mass is 424 g/mol. The van der Waals surface area contributed by atoms with Crippen LogP contribution < -0.4 is 10.2 Å². The Labute approximate surface area is 186 Å². The minimum Gasteiger partial charge on any atom is -0.352 e. The van der Waals surface area contributed by atoms with Gasteiger partial charge in [-0.25, -0.2) is 4.98 Å². The Morgan fingerprint density at radius 2 is 1.78 bits per heavy atom. The van der Waals surface area contributed by atoms with E-state index in [-0.39, 0.29) is 24.2 Å². The molecular weight excluding hydrogens is 400 g/mol. The van der Waals surface area contributed by atoms with Gasteiger partial charge in [0.2, 0.25) is 11.8 Å². The Morgan fingerprint density at radius 1 is 1.00 bits per heavy atom. The molecule has 4 aromatic rings. The molecule has 1 saturated heterocycles. The van der Waals surface area contributed by atoms with Gasteiger partial charge in [-0.3, -0.25) is 9.59 Å². The number of rotatable bonds is 6. The Kier molecular flexibility index (Phi) is 5.42. The smallest absolute Gasteiger partial charge is 0.227 e. The highest BCUT2D eigenvalue weighted by Crippen LogP contribution is 2.31.